The van der Waals surface area contributed by atoms with E-state index in [9.17, 15) is 34.4 Å². The number of nitro groups is 1. The summed E-state index contributed by atoms with van der Waals surface area (Å²) in [7, 11) is 0. The Bertz CT molecular complexity index is 1800. The highest BCUT2D eigenvalue weighted by molar-refractivity contribution is 8.00. The minimum absolute atomic E-state index is 0.00617. The SMILES string of the molecule is O=C(Cn1c2c(sc1=O)C(c1ccc(O)cc1)C1C(=O)N(c3ccc([N+](=O)[O-])cc3)C(=O)C1S2)Nc1ccc(Cl)cc1. The molecule has 0 saturated carbocycles. The molecule has 14 heteroatoms. The second-order valence-corrected chi connectivity index (χ2v) is 12.2. The number of hydrogen-bond acceptors (Lipinski definition) is 9. The van der Waals surface area contributed by atoms with Gasteiger partial charge in [-0.15, -0.1) is 0 Å². The summed E-state index contributed by atoms with van der Waals surface area (Å²) in [6, 6.07) is 17.8. The predicted octanol–water partition coefficient (Wildman–Crippen LogP) is 4.61. The lowest BCUT2D eigenvalue weighted by molar-refractivity contribution is -0.384. The third kappa shape index (κ3) is 4.85. The fraction of sp³-hybridized carbons (Fsp3) is 0.143. The Morgan fingerprint density at radius 1 is 0.976 bits per heavy atom. The van der Waals surface area contributed by atoms with Gasteiger partial charge in [0.2, 0.25) is 17.7 Å². The Morgan fingerprint density at radius 2 is 1.64 bits per heavy atom. The number of rotatable bonds is 6. The number of thiazole rings is 1. The zero-order chi connectivity index (χ0) is 29.7. The number of phenolic OH excluding ortho intramolecular Hbond substituents is 1. The molecule has 1 fully saturated rings. The molecule has 0 spiro atoms. The van der Waals surface area contributed by atoms with Crippen molar-refractivity contribution in [1.29, 1.82) is 0 Å². The molecule has 0 bridgehead atoms. The summed E-state index contributed by atoms with van der Waals surface area (Å²) in [5.41, 5.74) is 1.11. The first-order valence-corrected chi connectivity index (χ1v) is 14.6. The molecule has 11 nitrogen and oxygen atoms in total. The second kappa shape index (κ2) is 10.7. The van der Waals surface area contributed by atoms with Gasteiger partial charge in [0, 0.05) is 33.6 Å². The lowest BCUT2D eigenvalue weighted by Gasteiger charge is -2.30. The third-order valence-corrected chi connectivity index (χ3v) is 9.91. The molecule has 3 heterocycles. The second-order valence-electron chi connectivity index (χ2n) is 9.60. The number of thioether (sulfide) groups is 1. The number of nitrogens with one attached hydrogen (secondary N) is 1. The average molecular weight is 623 g/mol. The van der Waals surface area contributed by atoms with Crippen molar-refractivity contribution < 1.29 is 24.4 Å². The molecule has 6 rings (SSSR count). The van der Waals surface area contributed by atoms with Gasteiger partial charge in [-0.3, -0.25) is 33.9 Å². The standard InChI is InChI=1S/C28H19ClN4O7S2/c29-15-3-5-16(6-4-15)30-20(35)13-31-27-24(42-28(31)38)21(14-1-11-19(34)12-2-14)22-23(41-27)26(37)32(25(22)36)17-7-9-18(10-8-17)33(39)40/h1-12,21-23,34H,13H2,(H,30,35). The molecule has 3 atom stereocenters. The van der Waals surface area contributed by atoms with Gasteiger partial charge in [0.1, 0.15) is 17.5 Å². The molecule has 2 aliphatic rings. The van der Waals surface area contributed by atoms with Crippen LogP contribution in [0, 0.1) is 16.0 Å². The van der Waals surface area contributed by atoms with Crippen LogP contribution in [0.4, 0.5) is 17.1 Å². The summed E-state index contributed by atoms with van der Waals surface area (Å²) in [5.74, 6) is -3.12. The van der Waals surface area contributed by atoms with E-state index in [2.05, 4.69) is 5.32 Å². The molecule has 2 N–H and O–H groups in total. The van der Waals surface area contributed by atoms with E-state index in [1.54, 1.807) is 36.4 Å². The molecule has 0 radical (unpaired) electrons. The first kappa shape index (κ1) is 27.7. The van der Waals surface area contributed by atoms with E-state index in [0.29, 0.717) is 26.2 Å². The van der Waals surface area contributed by atoms with Gasteiger partial charge in [-0.05, 0) is 54.1 Å². The molecule has 0 aliphatic carbocycles. The highest BCUT2D eigenvalue weighted by atomic mass is 35.5. The lowest BCUT2D eigenvalue weighted by Crippen LogP contribution is -2.33. The molecule has 3 aromatic carbocycles. The van der Waals surface area contributed by atoms with Crippen LogP contribution in [0.2, 0.25) is 5.02 Å². The molecule has 212 valence electrons. The maximum Gasteiger partial charge on any atom is 0.308 e. The summed E-state index contributed by atoms with van der Waals surface area (Å²) in [5, 5.41) is 23.7. The fourth-order valence-corrected chi connectivity index (χ4v) is 8.05. The minimum Gasteiger partial charge on any atom is -0.508 e. The lowest BCUT2D eigenvalue weighted by atomic mass is 9.83. The van der Waals surface area contributed by atoms with Crippen LogP contribution in [-0.4, -0.2) is 37.6 Å². The smallest absolute Gasteiger partial charge is 0.308 e. The molecule has 1 saturated heterocycles. The van der Waals surface area contributed by atoms with Crippen LogP contribution in [0.25, 0.3) is 0 Å². The first-order valence-electron chi connectivity index (χ1n) is 12.5. The number of aromatic nitrogens is 1. The van der Waals surface area contributed by atoms with Crippen LogP contribution in [0.15, 0.2) is 82.6 Å². The minimum atomic E-state index is -0.932. The largest absolute Gasteiger partial charge is 0.508 e. The first-order chi connectivity index (χ1) is 20.1. The van der Waals surface area contributed by atoms with Crippen molar-refractivity contribution in [2.45, 2.75) is 22.7 Å². The number of carbonyl (C=O) groups excluding carboxylic acids is 3. The molecular weight excluding hydrogens is 604 g/mol. The number of phenols is 1. The average Bonchev–Trinajstić information content (AvgIpc) is 3.41. The van der Waals surface area contributed by atoms with Crippen LogP contribution >= 0.6 is 34.7 Å². The molecule has 1 aromatic heterocycles. The molecule has 42 heavy (non-hydrogen) atoms. The number of non-ortho nitro benzene ring substituents is 1. The van der Waals surface area contributed by atoms with Gasteiger partial charge in [-0.1, -0.05) is 46.8 Å². The Labute approximate surface area is 250 Å². The van der Waals surface area contributed by atoms with Crippen LogP contribution in [-0.2, 0) is 20.9 Å². The topological polar surface area (TPSA) is 152 Å². The van der Waals surface area contributed by atoms with Crippen molar-refractivity contribution in [3.63, 3.8) is 0 Å². The summed E-state index contributed by atoms with van der Waals surface area (Å²) in [6.45, 7) is -0.325. The Balaban J connectivity index is 1.39. The van der Waals surface area contributed by atoms with Crippen LogP contribution in [0.1, 0.15) is 16.4 Å². The monoisotopic (exact) mass is 622 g/mol. The van der Waals surface area contributed by atoms with Crippen molar-refractivity contribution in [2.75, 3.05) is 10.2 Å². The molecular formula is C28H19ClN4O7S2. The summed E-state index contributed by atoms with van der Waals surface area (Å²) >= 11 is 7.87. The Kier molecular flexibility index (Phi) is 7.09. The number of hydrogen-bond donors (Lipinski definition) is 2. The Hall–Kier alpha value is -4.46. The number of benzene rings is 3. The van der Waals surface area contributed by atoms with E-state index in [1.165, 1.54) is 41.0 Å². The molecule has 2 aliphatic heterocycles. The van der Waals surface area contributed by atoms with Gasteiger partial charge in [0.25, 0.3) is 5.69 Å². The zero-order valence-corrected chi connectivity index (χ0v) is 23.7. The number of fused-ring (bicyclic) bond motifs is 2. The summed E-state index contributed by atoms with van der Waals surface area (Å²) in [6.07, 6.45) is 0. The number of nitro benzene ring substituents is 1. The van der Waals surface area contributed by atoms with E-state index in [0.717, 1.165) is 28.0 Å². The number of aromatic hydroxyl groups is 1. The van der Waals surface area contributed by atoms with Gasteiger partial charge >= 0.3 is 4.87 Å². The zero-order valence-electron chi connectivity index (χ0n) is 21.3. The van der Waals surface area contributed by atoms with E-state index in [1.807, 2.05) is 0 Å². The molecule has 3 unspecified atom stereocenters. The predicted molar refractivity (Wildman–Crippen MR) is 157 cm³/mol. The van der Waals surface area contributed by atoms with Crippen molar-refractivity contribution in [3.05, 3.63) is 108 Å². The highest BCUT2D eigenvalue weighted by Gasteiger charge is 2.56. The van der Waals surface area contributed by atoms with Gasteiger partial charge in [0.15, 0.2) is 0 Å². The van der Waals surface area contributed by atoms with E-state index in [4.69, 9.17) is 11.6 Å². The van der Waals surface area contributed by atoms with Crippen LogP contribution in [0.3, 0.4) is 0 Å². The van der Waals surface area contributed by atoms with Crippen molar-refractivity contribution in [1.82, 2.24) is 4.57 Å². The number of imide groups is 1. The number of nitrogens with zero attached hydrogens (tertiary/aromatic N) is 3. The summed E-state index contributed by atoms with van der Waals surface area (Å²) < 4.78 is 1.30. The number of amides is 3. The maximum absolute atomic E-state index is 13.9. The number of anilines is 2. The maximum atomic E-state index is 13.9. The summed E-state index contributed by atoms with van der Waals surface area (Å²) in [4.78, 5) is 65.5. The molecule has 4 aromatic rings. The number of halogens is 1. The van der Waals surface area contributed by atoms with Gasteiger partial charge in [0.05, 0.1) is 21.6 Å². The molecule has 3 amide bonds. The van der Waals surface area contributed by atoms with Gasteiger partial charge in [-0.2, -0.15) is 0 Å². The normalized spacial score (nSPS) is 19.4. The Morgan fingerprint density at radius 3 is 2.29 bits per heavy atom. The highest BCUT2D eigenvalue weighted by Crippen LogP contribution is 2.54. The van der Waals surface area contributed by atoms with Crippen LogP contribution in [0.5, 0.6) is 5.75 Å². The van der Waals surface area contributed by atoms with Gasteiger partial charge in [-0.25, -0.2) is 4.90 Å². The number of carbonyl (C=O) groups is 3. The van der Waals surface area contributed by atoms with E-state index in [-0.39, 0.29) is 23.7 Å². The van der Waals surface area contributed by atoms with E-state index >= 15 is 0 Å². The van der Waals surface area contributed by atoms with Gasteiger partial charge < -0.3 is 10.4 Å². The fourth-order valence-electron chi connectivity index (χ4n) is 5.15. The third-order valence-electron chi connectivity index (χ3n) is 7.05. The van der Waals surface area contributed by atoms with Crippen molar-refractivity contribution in [2.24, 2.45) is 5.92 Å². The quantitative estimate of drug-likeness (QED) is 0.180. The van der Waals surface area contributed by atoms with Crippen molar-refractivity contribution >= 4 is 69.5 Å². The van der Waals surface area contributed by atoms with Crippen LogP contribution < -0.4 is 15.1 Å². The van der Waals surface area contributed by atoms with E-state index < -0.39 is 44.6 Å². The van der Waals surface area contributed by atoms with Crippen molar-refractivity contribution in [3.8, 4) is 5.75 Å².